The zero-order valence-corrected chi connectivity index (χ0v) is 19.4. The van der Waals surface area contributed by atoms with E-state index >= 15 is 0 Å². The molecule has 158 valence electrons. The molecule has 7 heteroatoms. The number of aryl methyl sites for hydroxylation is 1. The van der Waals surface area contributed by atoms with E-state index in [4.69, 9.17) is 17.0 Å². The van der Waals surface area contributed by atoms with Crippen LogP contribution in [0.25, 0.3) is 11.8 Å². The Hall–Kier alpha value is -2.38. The van der Waals surface area contributed by atoms with Crippen LogP contribution in [0.5, 0.6) is 0 Å². The van der Waals surface area contributed by atoms with Gasteiger partial charge in [-0.15, -0.1) is 0 Å². The molecule has 1 aromatic carbocycles. The summed E-state index contributed by atoms with van der Waals surface area (Å²) in [5.74, 6) is -0.335. The number of rotatable bonds is 7. The van der Waals surface area contributed by atoms with Crippen molar-refractivity contribution in [2.75, 3.05) is 13.2 Å². The van der Waals surface area contributed by atoms with E-state index in [1.54, 1.807) is 17.0 Å². The molecule has 2 heterocycles. The van der Waals surface area contributed by atoms with Crippen molar-refractivity contribution >= 4 is 46.3 Å². The van der Waals surface area contributed by atoms with E-state index in [-0.39, 0.29) is 11.9 Å². The Bertz CT molecular complexity index is 1010. The molecule has 0 bridgehead atoms. The molecule has 0 radical (unpaired) electrons. The van der Waals surface area contributed by atoms with Gasteiger partial charge in [0.15, 0.2) is 0 Å². The van der Waals surface area contributed by atoms with Gasteiger partial charge in [-0.3, -0.25) is 9.69 Å². The standard InChI is InChI=1S/C23H26N2O3S2/c1-5-7-12-28-22(27)17-8-10-19(11-9-17)25-15(3)13-18(16(25)4)14-20-21(26)24(6-2)23(29)30-20/h8-11,13-14H,5-7,12H2,1-4H3/b20-14-. The van der Waals surface area contributed by atoms with Crippen molar-refractivity contribution < 1.29 is 14.3 Å². The molecule has 3 rings (SSSR count). The van der Waals surface area contributed by atoms with E-state index in [0.717, 1.165) is 35.5 Å². The second-order valence-corrected chi connectivity index (χ2v) is 8.80. The van der Waals surface area contributed by atoms with E-state index < -0.39 is 0 Å². The Morgan fingerprint density at radius 1 is 1.20 bits per heavy atom. The molecule has 0 N–H and O–H groups in total. The summed E-state index contributed by atoms with van der Waals surface area (Å²) in [5, 5.41) is 0. The molecule has 1 aliphatic rings. The normalized spacial score (nSPS) is 15.3. The third kappa shape index (κ3) is 4.52. The fraction of sp³-hybridized carbons (Fsp3) is 0.348. The zero-order chi connectivity index (χ0) is 21.8. The Morgan fingerprint density at radius 2 is 1.90 bits per heavy atom. The molecular weight excluding hydrogens is 416 g/mol. The lowest BCUT2D eigenvalue weighted by Crippen LogP contribution is -2.27. The predicted octanol–water partition coefficient (Wildman–Crippen LogP) is 5.27. The van der Waals surface area contributed by atoms with E-state index in [1.165, 1.54) is 11.8 Å². The van der Waals surface area contributed by atoms with E-state index in [1.807, 2.05) is 39.0 Å². The summed E-state index contributed by atoms with van der Waals surface area (Å²) in [7, 11) is 0. The average Bonchev–Trinajstić information content (AvgIpc) is 3.16. The lowest BCUT2D eigenvalue weighted by molar-refractivity contribution is -0.121. The maximum Gasteiger partial charge on any atom is 0.338 e. The first-order valence-corrected chi connectivity index (χ1v) is 11.3. The summed E-state index contributed by atoms with van der Waals surface area (Å²) in [5.41, 5.74) is 4.54. The highest BCUT2D eigenvalue weighted by Crippen LogP contribution is 2.33. The molecule has 0 spiro atoms. The van der Waals surface area contributed by atoms with Crippen molar-refractivity contribution in [1.82, 2.24) is 9.47 Å². The summed E-state index contributed by atoms with van der Waals surface area (Å²) < 4.78 is 7.98. The smallest absolute Gasteiger partial charge is 0.338 e. The highest BCUT2D eigenvalue weighted by Gasteiger charge is 2.30. The first-order chi connectivity index (χ1) is 14.4. The van der Waals surface area contributed by atoms with Gasteiger partial charge in [0, 0.05) is 23.6 Å². The minimum absolute atomic E-state index is 0.0387. The number of likely N-dealkylation sites (N-methyl/N-ethyl adjacent to an activating group) is 1. The number of aromatic nitrogens is 1. The number of hydrogen-bond donors (Lipinski definition) is 0. The molecule has 1 fully saturated rings. The fourth-order valence-corrected chi connectivity index (χ4v) is 4.76. The Morgan fingerprint density at radius 3 is 2.50 bits per heavy atom. The number of ether oxygens (including phenoxy) is 1. The van der Waals surface area contributed by atoms with Gasteiger partial charge in [0.1, 0.15) is 4.32 Å². The van der Waals surface area contributed by atoms with E-state index in [2.05, 4.69) is 17.6 Å². The first-order valence-electron chi connectivity index (χ1n) is 10.1. The molecule has 1 aliphatic heterocycles. The molecule has 2 aromatic rings. The summed E-state index contributed by atoms with van der Waals surface area (Å²) in [4.78, 5) is 26.9. The fourth-order valence-electron chi connectivity index (χ4n) is 3.38. The topological polar surface area (TPSA) is 51.5 Å². The number of hydrogen-bond acceptors (Lipinski definition) is 5. The van der Waals surface area contributed by atoms with Crippen LogP contribution in [0.2, 0.25) is 0 Å². The lowest BCUT2D eigenvalue weighted by atomic mass is 10.2. The quantitative estimate of drug-likeness (QED) is 0.253. The largest absolute Gasteiger partial charge is 0.462 e. The number of carbonyl (C=O) groups excluding carboxylic acids is 2. The molecular formula is C23H26N2O3S2. The summed E-state index contributed by atoms with van der Waals surface area (Å²) >= 11 is 6.64. The van der Waals surface area contributed by atoms with Crippen molar-refractivity contribution in [3.63, 3.8) is 0 Å². The second-order valence-electron chi connectivity index (χ2n) is 7.12. The van der Waals surface area contributed by atoms with Gasteiger partial charge >= 0.3 is 5.97 Å². The summed E-state index contributed by atoms with van der Waals surface area (Å²) in [6.07, 6.45) is 3.77. The van der Waals surface area contributed by atoms with Crippen molar-refractivity contribution in [3.05, 3.63) is 57.8 Å². The Labute approximate surface area is 187 Å². The van der Waals surface area contributed by atoms with E-state index in [9.17, 15) is 9.59 Å². The second kappa shape index (κ2) is 9.62. The van der Waals surface area contributed by atoms with Gasteiger partial charge in [-0.2, -0.15) is 0 Å². The average molecular weight is 443 g/mol. The molecule has 1 amide bonds. The van der Waals surface area contributed by atoms with Gasteiger partial charge in [-0.05, 0) is 69.2 Å². The van der Waals surface area contributed by atoms with Gasteiger partial charge in [-0.1, -0.05) is 37.3 Å². The Kier molecular flexibility index (Phi) is 7.15. The van der Waals surface area contributed by atoms with Crippen LogP contribution in [0, 0.1) is 13.8 Å². The SMILES string of the molecule is CCCCOC(=O)c1ccc(-n2c(C)cc(/C=C3\SC(=S)N(CC)C3=O)c2C)cc1. The number of thioether (sulfide) groups is 1. The van der Waals surface area contributed by atoms with Crippen LogP contribution >= 0.6 is 24.0 Å². The summed E-state index contributed by atoms with van der Waals surface area (Å²) in [6.45, 7) is 9.04. The Balaban J connectivity index is 1.84. The van der Waals surface area contributed by atoms with Crippen molar-refractivity contribution in [1.29, 1.82) is 0 Å². The molecule has 0 unspecified atom stereocenters. The molecule has 1 aromatic heterocycles. The van der Waals surface area contributed by atoms with Crippen LogP contribution in [0.3, 0.4) is 0 Å². The van der Waals surface area contributed by atoms with Gasteiger partial charge in [-0.25, -0.2) is 4.79 Å². The van der Waals surface area contributed by atoms with Crippen molar-refractivity contribution in [2.24, 2.45) is 0 Å². The zero-order valence-electron chi connectivity index (χ0n) is 17.7. The molecule has 30 heavy (non-hydrogen) atoms. The number of unbranched alkanes of at least 4 members (excludes halogenated alkanes) is 1. The molecule has 5 nitrogen and oxygen atoms in total. The molecule has 0 aliphatic carbocycles. The third-order valence-electron chi connectivity index (χ3n) is 5.04. The molecule has 0 saturated carbocycles. The highest BCUT2D eigenvalue weighted by molar-refractivity contribution is 8.26. The highest BCUT2D eigenvalue weighted by atomic mass is 32.2. The number of benzene rings is 1. The van der Waals surface area contributed by atoms with Gasteiger partial charge in [0.25, 0.3) is 5.91 Å². The minimum Gasteiger partial charge on any atom is -0.462 e. The van der Waals surface area contributed by atoms with Crippen LogP contribution in [-0.4, -0.2) is 38.8 Å². The van der Waals surface area contributed by atoms with Gasteiger partial charge < -0.3 is 9.30 Å². The van der Waals surface area contributed by atoms with Crippen LogP contribution in [0.4, 0.5) is 0 Å². The minimum atomic E-state index is -0.297. The predicted molar refractivity (Wildman–Crippen MR) is 126 cm³/mol. The van der Waals surface area contributed by atoms with Crippen molar-refractivity contribution in [2.45, 2.75) is 40.5 Å². The number of nitrogens with zero attached hydrogens (tertiary/aromatic N) is 2. The van der Waals surface area contributed by atoms with Crippen LogP contribution in [-0.2, 0) is 9.53 Å². The van der Waals surface area contributed by atoms with Gasteiger partial charge in [0.05, 0.1) is 17.1 Å². The number of thiocarbonyl (C=S) groups is 1. The van der Waals surface area contributed by atoms with Crippen LogP contribution in [0.15, 0.2) is 35.2 Å². The van der Waals surface area contributed by atoms with Gasteiger partial charge in [0.2, 0.25) is 0 Å². The number of esters is 1. The summed E-state index contributed by atoms with van der Waals surface area (Å²) in [6, 6.07) is 9.46. The van der Waals surface area contributed by atoms with Crippen LogP contribution in [0.1, 0.15) is 54.0 Å². The monoisotopic (exact) mass is 442 g/mol. The third-order valence-corrected chi connectivity index (χ3v) is 6.42. The lowest BCUT2D eigenvalue weighted by Gasteiger charge is -2.11. The van der Waals surface area contributed by atoms with E-state index in [0.29, 0.717) is 27.9 Å². The molecule has 1 saturated heterocycles. The molecule has 0 atom stereocenters. The number of carbonyl (C=O) groups is 2. The first kappa shape index (κ1) is 22.3. The van der Waals surface area contributed by atoms with Crippen LogP contribution < -0.4 is 0 Å². The maximum absolute atomic E-state index is 12.5. The maximum atomic E-state index is 12.5. The van der Waals surface area contributed by atoms with Crippen molar-refractivity contribution in [3.8, 4) is 5.69 Å². The number of amides is 1.